The van der Waals surface area contributed by atoms with Crippen LogP contribution in [-0.4, -0.2) is 16.6 Å². The maximum atomic E-state index is 12.7. The number of carbonyl (C=O) groups excluding carboxylic acids is 2. The normalized spacial score (nSPS) is 13.8. The molecule has 2 aromatic carbocycles. The number of fused-ring (bicyclic) bond motifs is 2. The van der Waals surface area contributed by atoms with Crippen molar-refractivity contribution in [2.75, 3.05) is 0 Å². The van der Waals surface area contributed by atoms with Gasteiger partial charge < -0.3 is 4.42 Å². The molecule has 4 aromatic rings. The average Bonchev–Trinajstić information content (AvgIpc) is 3.36. The standard InChI is InChI=1S/C22H8Cl2F3NO3S/c23-15-7-12-13(8-16(15)24)19(30)14(18(12)29)5-11-6-17-20(31-11)28-21(32-17)9-1-3-10(4-2-9)22(25,26)27/h1-8H. The number of ketones is 2. The van der Waals surface area contributed by atoms with Crippen molar-refractivity contribution in [1.29, 1.82) is 0 Å². The van der Waals surface area contributed by atoms with E-state index in [4.69, 9.17) is 27.6 Å². The molecule has 0 saturated carbocycles. The van der Waals surface area contributed by atoms with Crippen molar-refractivity contribution in [2.45, 2.75) is 6.18 Å². The number of nitrogens with zero attached hydrogens (tertiary/aromatic N) is 1. The Kier molecular flexibility index (Phi) is 4.77. The molecule has 10 heteroatoms. The van der Waals surface area contributed by atoms with Crippen molar-refractivity contribution < 1.29 is 27.2 Å². The second-order valence-electron chi connectivity index (χ2n) is 6.94. The van der Waals surface area contributed by atoms with Gasteiger partial charge in [-0.1, -0.05) is 35.3 Å². The summed E-state index contributed by atoms with van der Waals surface area (Å²) in [6.07, 6.45) is -3.08. The van der Waals surface area contributed by atoms with Crippen molar-refractivity contribution >= 4 is 62.6 Å². The highest BCUT2D eigenvalue weighted by molar-refractivity contribution is 7.21. The molecule has 0 amide bonds. The molecule has 5 rings (SSSR count). The second kappa shape index (κ2) is 7.30. The summed E-state index contributed by atoms with van der Waals surface area (Å²) in [4.78, 5) is 29.6. The summed E-state index contributed by atoms with van der Waals surface area (Å²) in [5.41, 5.74) is 0.281. The zero-order valence-corrected chi connectivity index (χ0v) is 17.9. The lowest BCUT2D eigenvalue weighted by Gasteiger charge is -2.06. The van der Waals surface area contributed by atoms with Gasteiger partial charge in [-0.2, -0.15) is 13.2 Å². The first kappa shape index (κ1) is 20.9. The fourth-order valence-corrected chi connectivity index (χ4v) is 4.61. The number of hydrogen-bond acceptors (Lipinski definition) is 5. The number of thiazole rings is 1. The van der Waals surface area contributed by atoms with Crippen molar-refractivity contribution in [3.8, 4) is 10.6 Å². The van der Waals surface area contributed by atoms with E-state index >= 15 is 0 Å². The van der Waals surface area contributed by atoms with Crippen LogP contribution in [-0.2, 0) is 6.18 Å². The van der Waals surface area contributed by atoms with Crippen LogP contribution in [0.4, 0.5) is 13.2 Å². The maximum absolute atomic E-state index is 12.7. The topological polar surface area (TPSA) is 60.2 Å². The third kappa shape index (κ3) is 3.44. The zero-order valence-electron chi connectivity index (χ0n) is 15.6. The van der Waals surface area contributed by atoms with Crippen LogP contribution in [0.3, 0.4) is 0 Å². The Hall–Kier alpha value is -2.94. The molecule has 0 fully saturated rings. The molecule has 1 aliphatic carbocycles. The molecule has 0 aliphatic heterocycles. The number of aromatic nitrogens is 1. The molecule has 0 unspecified atom stereocenters. The SMILES string of the molecule is O=C1C(=Cc2cc3sc(-c4ccc(C(F)(F)F)cc4)nc3o2)C(=O)c2cc(Cl)c(Cl)cc21. The first-order valence-corrected chi connectivity index (χ1v) is 10.6. The number of alkyl halides is 3. The van der Waals surface area contributed by atoms with E-state index in [0.29, 0.717) is 15.3 Å². The minimum absolute atomic E-state index is 0.0808. The van der Waals surface area contributed by atoms with E-state index in [1.807, 2.05) is 0 Å². The number of benzene rings is 2. The van der Waals surface area contributed by atoms with Gasteiger partial charge in [0.15, 0.2) is 11.6 Å². The third-order valence-corrected chi connectivity index (χ3v) is 6.65. The minimum atomic E-state index is -4.41. The van der Waals surface area contributed by atoms with E-state index in [-0.39, 0.29) is 38.2 Å². The average molecular weight is 494 g/mol. The van der Waals surface area contributed by atoms with Crippen molar-refractivity contribution in [1.82, 2.24) is 4.98 Å². The van der Waals surface area contributed by atoms with Crippen LogP contribution in [0.15, 0.2) is 52.5 Å². The van der Waals surface area contributed by atoms with Gasteiger partial charge in [-0.3, -0.25) is 9.59 Å². The Labute approximate surface area is 191 Å². The predicted octanol–water partition coefficient (Wildman–Crippen LogP) is 7.34. The van der Waals surface area contributed by atoms with Gasteiger partial charge in [0.05, 0.1) is 25.9 Å². The van der Waals surface area contributed by atoms with E-state index in [1.165, 1.54) is 41.7 Å². The highest BCUT2D eigenvalue weighted by Gasteiger charge is 2.34. The highest BCUT2D eigenvalue weighted by atomic mass is 35.5. The van der Waals surface area contributed by atoms with Gasteiger partial charge in [-0.15, -0.1) is 11.3 Å². The van der Waals surface area contributed by atoms with Crippen LogP contribution in [0.2, 0.25) is 10.0 Å². The van der Waals surface area contributed by atoms with E-state index in [2.05, 4.69) is 4.98 Å². The molecule has 0 N–H and O–H groups in total. The van der Waals surface area contributed by atoms with Crippen LogP contribution in [0.25, 0.3) is 27.1 Å². The van der Waals surface area contributed by atoms with Gasteiger partial charge in [0.2, 0.25) is 5.71 Å². The number of hydrogen-bond donors (Lipinski definition) is 0. The summed E-state index contributed by atoms with van der Waals surface area (Å²) in [6, 6.07) is 8.98. The fraction of sp³-hybridized carbons (Fsp3) is 0.0455. The highest BCUT2D eigenvalue weighted by Crippen LogP contribution is 2.37. The summed E-state index contributed by atoms with van der Waals surface area (Å²) in [7, 11) is 0. The van der Waals surface area contributed by atoms with Crippen molar-refractivity contribution in [3.05, 3.63) is 80.5 Å². The molecule has 160 valence electrons. The van der Waals surface area contributed by atoms with E-state index < -0.39 is 23.3 Å². The number of allylic oxidation sites excluding steroid dienone is 1. The molecule has 4 nitrogen and oxygen atoms in total. The lowest BCUT2D eigenvalue weighted by Crippen LogP contribution is -2.03. The first-order chi connectivity index (χ1) is 15.1. The van der Waals surface area contributed by atoms with Crippen LogP contribution in [0.1, 0.15) is 32.0 Å². The first-order valence-electron chi connectivity index (χ1n) is 9.00. The summed E-state index contributed by atoms with van der Waals surface area (Å²) < 4.78 is 44.5. The number of furan rings is 1. The smallest absolute Gasteiger partial charge is 0.416 e. The Bertz CT molecular complexity index is 1390. The van der Waals surface area contributed by atoms with Crippen LogP contribution >= 0.6 is 34.5 Å². The Morgan fingerprint density at radius 1 is 0.938 bits per heavy atom. The summed E-state index contributed by atoms with van der Waals surface area (Å²) in [5.74, 6) is -0.720. The van der Waals surface area contributed by atoms with Crippen molar-refractivity contribution in [3.63, 3.8) is 0 Å². The quantitative estimate of drug-likeness (QED) is 0.216. The third-order valence-electron chi connectivity index (χ3n) is 4.89. The predicted molar refractivity (Wildman–Crippen MR) is 115 cm³/mol. The molecule has 2 aromatic heterocycles. The Morgan fingerprint density at radius 2 is 1.53 bits per heavy atom. The van der Waals surface area contributed by atoms with Gasteiger partial charge in [0.25, 0.3) is 0 Å². The maximum Gasteiger partial charge on any atom is 0.416 e. The summed E-state index contributed by atoms with van der Waals surface area (Å²) in [6.45, 7) is 0. The molecular formula is C22H8Cl2F3NO3S. The molecule has 2 heterocycles. The van der Waals surface area contributed by atoms with Gasteiger partial charge in [-0.05, 0) is 30.3 Å². The van der Waals surface area contributed by atoms with E-state index in [9.17, 15) is 22.8 Å². The summed E-state index contributed by atoms with van der Waals surface area (Å²) in [5, 5.41) is 0.828. The second-order valence-corrected chi connectivity index (χ2v) is 8.79. The van der Waals surface area contributed by atoms with Crippen LogP contribution < -0.4 is 0 Å². The zero-order chi connectivity index (χ0) is 22.8. The number of rotatable bonds is 2. The molecule has 0 bridgehead atoms. The minimum Gasteiger partial charge on any atom is -0.437 e. The molecule has 0 atom stereocenters. The molecule has 1 aliphatic rings. The fourth-order valence-electron chi connectivity index (χ4n) is 3.34. The Morgan fingerprint density at radius 3 is 2.06 bits per heavy atom. The van der Waals surface area contributed by atoms with E-state index in [0.717, 1.165) is 12.1 Å². The van der Waals surface area contributed by atoms with Gasteiger partial charge in [0.1, 0.15) is 10.8 Å². The van der Waals surface area contributed by atoms with Crippen LogP contribution in [0.5, 0.6) is 0 Å². The monoisotopic (exact) mass is 493 g/mol. The molecule has 32 heavy (non-hydrogen) atoms. The molecule has 0 spiro atoms. The molecular weight excluding hydrogens is 486 g/mol. The molecule has 0 radical (unpaired) electrons. The van der Waals surface area contributed by atoms with E-state index in [1.54, 1.807) is 6.07 Å². The van der Waals surface area contributed by atoms with Gasteiger partial charge in [0, 0.05) is 22.8 Å². The van der Waals surface area contributed by atoms with Gasteiger partial charge >= 0.3 is 6.18 Å². The van der Waals surface area contributed by atoms with Crippen LogP contribution in [0, 0.1) is 0 Å². The van der Waals surface area contributed by atoms with Crippen molar-refractivity contribution in [2.24, 2.45) is 0 Å². The lowest BCUT2D eigenvalue weighted by atomic mass is 10.1. The summed E-state index contributed by atoms with van der Waals surface area (Å²) >= 11 is 13.1. The number of Topliss-reactive ketones (excluding diaryl/α,β-unsaturated/α-hetero) is 2. The number of carbonyl (C=O) groups is 2. The molecule has 0 saturated heterocycles. The Balaban J connectivity index is 1.46. The lowest BCUT2D eigenvalue weighted by molar-refractivity contribution is -0.137. The van der Waals surface area contributed by atoms with Gasteiger partial charge in [-0.25, -0.2) is 4.98 Å². The largest absolute Gasteiger partial charge is 0.437 e. The number of halogens is 5.